The number of amides is 1. The highest BCUT2D eigenvalue weighted by atomic mass is 16.6. The average Bonchev–Trinajstić information content (AvgIpc) is 2.79. The number of fused-ring (bicyclic) bond motifs is 1. The first kappa shape index (κ1) is 14.9. The van der Waals surface area contributed by atoms with Crippen molar-refractivity contribution in [3.63, 3.8) is 0 Å². The molecule has 4 atom stereocenters. The molecule has 2 saturated heterocycles. The van der Waals surface area contributed by atoms with Gasteiger partial charge in [0.2, 0.25) is 0 Å². The number of benzene rings is 1. The van der Waals surface area contributed by atoms with Gasteiger partial charge in [-0.25, -0.2) is 4.79 Å². The standard InChI is InChI=1S/C17H21NO4/c1-11-8-14-15(12(2)16(19)22-14)18(9-11)17(20)21-10-13-6-4-3-5-7-13/h3-7,11-12,14-15H,8-10H2,1-2H3/t11-,12+,14+,15-/m0/s1. The van der Waals surface area contributed by atoms with Crippen LogP contribution in [-0.2, 0) is 20.9 Å². The number of esters is 1. The van der Waals surface area contributed by atoms with Gasteiger partial charge >= 0.3 is 12.1 Å². The summed E-state index contributed by atoms with van der Waals surface area (Å²) in [5.74, 6) is -0.213. The van der Waals surface area contributed by atoms with Gasteiger partial charge in [-0.15, -0.1) is 0 Å². The van der Waals surface area contributed by atoms with Crippen LogP contribution in [0.3, 0.4) is 0 Å². The highest BCUT2D eigenvalue weighted by Crippen LogP contribution is 2.35. The van der Waals surface area contributed by atoms with Crippen molar-refractivity contribution in [2.75, 3.05) is 6.54 Å². The molecule has 5 heteroatoms. The monoisotopic (exact) mass is 303 g/mol. The van der Waals surface area contributed by atoms with Crippen molar-refractivity contribution in [2.24, 2.45) is 11.8 Å². The Hall–Kier alpha value is -2.04. The Morgan fingerprint density at radius 1 is 1.32 bits per heavy atom. The molecule has 0 saturated carbocycles. The van der Waals surface area contributed by atoms with Crippen LogP contribution in [0.15, 0.2) is 30.3 Å². The molecule has 5 nitrogen and oxygen atoms in total. The molecule has 0 unspecified atom stereocenters. The summed E-state index contributed by atoms with van der Waals surface area (Å²) >= 11 is 0. The van der Waals surface area contributed by atoms with E-state index in [4.69, 9.17) is 9.47 Å². The van der Waals surface area contributed by atoms with Crippen LogP contribution in [0, 0.1) is 11.8 Å². The van der Waals surface area contributed by atoms with E-state index in [0.29, 0.717) is 12.5 Å². The van der Waals surface area contributed by atoms with Crippen molar-refractivity contribution in [3.05, 3.63) is 35.9 Å². The van der Waals surface area contributed by atoms with Gasteiger partial charge in [0.05, 0.1) is 12.0 Å². The second kappa shape index (κ2) is 5.99. The molecule has 0 bridgehead atoms. The summed E-state index contributed by atoms with van der Waals surface area (Å²) in [5.41, 5.74) is 0.948. The minimum Gasteiger partial charge on any atom is -0.460 e. The minimum atomic E-state index is -0.365. The van der Waals surface area contributed by atoms with Crippen LogP contribution in [0.25, 0.3) is 0 Å². The number of piperidine rings is 1. The van der Waals surface area contributed by atoms with Crippen molar-refractivity contribution < 1.29 is 19.1 Å². The molecule has 2 heterocycles. The number of hydrogen-bond acceptors (Lipinski definition) is 4. The van der Waals surface area contributed by atoms with Crippen LogP contribution >= 0.6 is 0 Å². The molecule has 3 rings (SSSR count). The van der Waals surface area contributed by atoms with Crippen LogP contribution < -0.4 is 0 Å². The summed E-state index contributed by atoms with van der Waals surface area (Å²) in [5, 5.41) is 0. The van der Waals surface area contributed by atoms with Crippen LogP contribution in [-0.4, -0.2) is 35.7 Å². The maximum absolute atomic E-state index is 12.4. The largest absolute Gasteiger partial charge is 0.460 e. The van der Waals surface area contributed by atoms with Crippen molar-refractivity contribution in [1.82, 2.24) is 4.90 Å². The van der Waals surface area contributed by atoms with Gasteiger partial charge in [0.1, 0.15) is 12.7 Å². The van der Waals surface area contributed by atoms with Gasteiger partial charge < -0.3 is 14.4 Å². The zero-order valence-electron chi connectivity index (χ0n) is 12.9. The fourth-order valence-corrected chi connectivity index (χ4v) is 3.37. The predicted octanol–water partition coefficient (Wildman–Crippen LogP) is 2.60. The first-order valence-corrected chi connectivity index (χ1v) is 7.74. The number of rotatable bonds is 2. The lowest BCUT2D eigenvalue weighted by atomic mass is 9.87. The van der Waals surface area contributed by atoms with Gasteiger partial charge in [0, 0.05) is 6.54 Å². The first-order chi connectivity index (χ1) is 10.6. The molecule has 0 aromatic heterocycles. The molecule has 118 valence electrons. The van der Waals surface area contributed by atoms with Gasteiger partial charge in [-0.3, -0.25) is 4.79 Å². The summed E-state index contributed by atoms with van der Waals surface area (Å²) in [6.07, 6.45) is 0.245. The van der Waals surface area contributed by atoms with Crippen LogP contribution in [0.2, 0.25) is 0 Å². The summed E-state index contributed by atoms with van der Waals surface area (Å²) in [4.78, 5) is 25.9. The highest BCUT2D eigenvalue weighted by Gasteiger charge is 2.50. The zero-order chi connectivity index (χ0) is 15.7. The molecular weight excluding hydrogens is 282 g/mol. The molecule has 1 aromatic rings. The smallest absolute Gasteiger partial charge is 0.410 e. The quantitative estimate of drug-likeness (QED) is 0.788. The number of hydrogen-bond donors (Lipinski definition) is 0. The van der Waals surface area contributed by atoms with E-state index in [9.17, 15) is 9.59 Å². The Kier molecular flexibility index (Phi) is 4.05. The molecule has 22 heavy (non-hydrogen) atoms. The van der Waals surface area contributed by atoms with Crippen molar-refractivity contribution in [2.45, 2.75) is 39.0 Å². The third-order valence-electron chi connectivity index (χ3n) is 4.48. The number of ether oxygens (including phenoxy) is 2. The number of carbonyl (C=O) groups is 2. The van der Waals surface area contributed by atoms with Gasteiger partial charge in [-0.05, 0) is 24.8 Å². The maximum atomic E-state index is 12.4. The van der Waals surface area contributed by atoms with E-state index >= 15 is 0 Å². The minimum absolute atomic E-state index is 0.199. The van der Waals surface area contributed by atoms with E-state index in [1.807, 2.05) is 37.3 Å². The van der Waals surface area contributed by atoms with Gasteiger partial charge in [0.25, 0.3) is 0 Å². The highest BCUT2D eigenvalue weighted by molar-refractivity contribution is 5.78. The van der Waals surface area contributed by atoms with E-state index in [2.05, 4.69) is 6.92 Å². The second-order valence-electron chi connectivity index (χ2n) is 6.29. The summed E-state index contributed by atoms with van der Waals surface area (Å²) in [7, 11) is 0. The molecule has 0 radical (unpaired) electrons. The topological polar surface area (TPSA) is 55.8 Å². The van der Waals surface area contributed by atoms with E-state index < -0.39 is 0 Å². The molecule has 0 aliphatic carbocycles. The summed E-state index contributed by atoms with van der Waals surface area (Å²) < 4.78 is 10.8. The Bertz CT molecular complexity index is 559. The predicted molar refractivity (Wildman–Crippen MR) is 79.9 cm³/mol. The SMILES string of the molecule is C[C@H]1C[C@H]2OC(=O)[C@H](C)[C@@H]2N(C(=O)OCc2ccccc2)C1. The third kappa shape index (κ3) is 2.80. The third-order valence-corrected chi connectivity index (χ3v) is 4.48. The second-order valence-corrected chi connectivity index (χ2v) is 6.29. The summed E-state index contributed by atoms with van der Waals surface area (Å²) in [6.45, 7) is 4.73. The summed E-state index contributed by atoms with van der Waals surface area (Å²) in [6, 6.07) is 9.37. The normalized spacial score (nSPS) is 30.6. The number of nitrogens with zero attached hydrogens (tertiary/aromatic N) is 1. The lowest BCUT2D eigenvalue weighted by Gasteiger charge is -2.39. The number of likely N-dealkylation sites (tertiary alicyclic amines) is 1. The molecule has 1 amide bonds. The average molecular weight is 303 g/mol. The maximum Gasteiger partial charge on any atom is 0.410 e. The fourth-order valence-electron chi connectivity index (χ4n) is 3.37. The van der Waals surface area contributed by atoms with Crippen molar-refractivity contribution in [1.29, 1.82) is 0 Å². The van der Waals surface area contributed by atoms with Gasteiger partial charge in [-0.2, -0.15) is 0 Å². The van der Waals surface area contributed by atoms with E-state index in [1.54, 1.807) is 4.90 Å². The Labute approximate surface area is 130 Å². The number of carbonyl (C=O) groups excluding carboxylic acids is 2. The van der Waals surface area contributed by atoms with Crippen molar-refractivity contribution in [3.8, 4) is 0 Å². The molecule has 1 aromatic carbocycles. The van der Waals surface area contributed by atoms with Crippen LogP contribution in [0.1, 0.15) is 25.8 Å². The Morgan fingerprint density at radius 3 is 2.77 bits per heavy atom. The fraction of sp³-hybridized carbons (Fsp3) is 0.529. The van der Waals surface area contributed by atoms with Gasteiger partial charge in [-0.1, -0.05) is 37.3 Å². The molecule has 0 spiro atoms. The lowest BCUT2D eigenvalue weighted by molar-refractivity contribution is -0.144. The molecular formula is C17H21NO4. The van der Waals surface area contributed by atoms with Crippen LogP contribution in [0.5, 0.6) is 0 Å². The molecule has 0 N–H and O–H groups in total. The lowest BCUT2D eigenvalue weighted by Crippen LogP contribution is -2.53. The molecule has 2 aliphatic rings. The van der Waals surface area contributed by atoms with Crippen LogP contribution in [0.4, 0.5) is 4.79 Å². The van der Waals surface area contributed by atoms with Crippen molar-refractivity contribution >= 4 is 12.1 Å². The zero-order valence-corrected chi connectivity index (χ0v) is 12.9. The van der Waals surface area contributed by atoms with E-state index in [0.717, 1.165) is 12.0 Å². The Morgan fingerprint density at radius 2 is 2.05 bits per heavy atom. The first-order valence-electron chi connectivity index (χ1n) is 7.74. The molecule has 2 aliphatic heterocycles. The van der Waals surface area contributed by atoms with E-state index in [1.165, 1.54) is 0 Å². The van der Waals surface area contributed by atoms with E-state index in [-0.39, 0.29) is 36.7 Å². The Balaban J connectivity index is 1.68. The van der Waals surface area contributed by atoms with Gasteiger partial charge in [0.15, 0.2) is 0 Å². The molecule has 2 fully saturated rings.